The van der Waals surface area contributed by atoms with Gasteiger partial charge < -0.3 is 0 Å². The molecule has 1 aliphatic rings. The molecule has 4 heteroatoms. The van der Waals surface area contributed by atoms with E-state index in [0.29, 0.717) is 11.6 Å². The van der Waals surface area contributed by atoms with Gasteiger partial charge in [-0.3, -0.25) is 9.78 Å². The van der Waals surface area contributed by atoms with Crippen molar-refractivity contribution < 1.29 is 4.79 Å². The molecule has 0 spiro atoms. The van der Waals surface area contributed by atoms with Gasteiger partial charge in [0.05, 0.1) is 19.7 Å². The Morgan fingerprint density at radius 3 is 2.47 bits per heavy atom. The maximum absolute atomic E-state index is 11.1. The van der Waals surface area contributed by atoms with Crippen molar-refractivity contribution in [2.45, 2.75) is 38.9 Å². The highest BCUT2D eigenvalue weighted by Crippen LogP contribution is 2.38. The number of nitrogens with zero attached hydrogens (tertiary/aromatic N) is 2. The van der Waals surface area contributed by atoms with Crippen LogP contribution >= 0.6 is 0 Å². The van der Waals surface area contributed by atoms with Gasteiger partial charge in [-0.25, -0.2) is 4.98 Å². The second-order valence-electron chi connectivity index (χ2n) is 3.23. The third-order valence-corrected chi connectivity index (χ3v) is 2.14. The van der Waals surface area contributed by atoms with Crippen molar-refractivity contribution in [2.75, 3.05) is 0 Å². The van der Waals surface area contributed by atoms with Crippen molar-refractivity contribution in [2.24, 2.45) is 0 Å². The lowest BCUT2D eigenvalue weighted by atomic mass is 9.99. The van der Waals surface area contributed by atoms with E-state index in [1.807, 2.05) is 13.8 Å². The molecule has 3 nitrogen and oxygen atoms in total. The molecule has 2 radical (unpaired) electrons. The molecule has 1 aliphatic carbocycles. The summed E-state index contributed by atoms with van der Waals surface area (Å²) >= 11 is 0. The Labute approximate surface area is 91.7 Å². The number of carbonyl (C=O) groups is 1. The molecule has 1 aromatic heterocycles. The van der Waals surface area contributed by atoms with E-state index in [1.54, 1.807) is 6.20 Å². The summed E-state index contributed by atoms with van der Waals surface area (Å²) in [4.78, 5) is 19.3. The predicted octanol–water partition coefficient (Wildman–Crippen LogP) is 2.15. The van der Waals surface area contributed by atoms with E-state index in [0.717, 1.165) is 5.69 Å². The molecule has 15 heavy (non-hydrogen) atoms. The molecule has 0 atom stereocenters. The van der Waals surface area contributed by atoms with Crippen LogP contribution in [0, 0.1) is 0 Å². The summed E-state index contributed by atoms with van der Waals surface area (Å²) in [6.07, 6.45) is 5.58. The zero-order chi connectivity index (χ0) is 11.3. The third kappa shape index (κ3) is 3.15. The van der Waals surface area contributed by atoms with E-state index >= 15 is 0 Å². The highest BCUT2D eigenvalue weighted by Gasteiger charge is 2.25. The second kappa shape index (κ2) is 5.64. The molecule has 0 N–H and O–H groups in total. The van der Waals surface area contributed by atoms with Crippen LogP contribution in [0.4, 0.5) is 0 Å². The molecular formula is C11H15BN2O. The van der Waals surface area contributed by atoms with E-state index in [-0.39, 0.29) is 12.1 Å². The molecule has 1 heterocycles. The lowest BCUT2D eigenvalue weighted by molar-refractivity contribution is 0.101. The zero-order valence-electron chi connectivity index (χ0n) is 9.23. The molecule has 0 aliphatic heterocycles. The van der Waals surface area contributed by atoms with Gasteiger partial charge in [-0.2, -0.15) is 0 Å². The SMILES string of the molecule is CC.[B]CC(=O)c1cnc(C2CC2)cn1. The minimum absolute atomic E-state index is 0.00252. The highest BCUT2D eigenvalue weighted by atomic mass is 16.1. The Morgan fingerprint density at radius 2 is 2.07 bits per heavy atom. The fourth-order valence-electron chi connectivity index (χ4n) is 1.18. The fourth-order valence-corrected chi connectivity index (χ4v) is 1.18. The summed E-state index contributed by atoms with van der Waals surface area (Å²) in [5.74, 6) is 0.421. The molecule has 2 rings (SSSR count). The van der Waals surface area contributed by atoms with Gasteiger partial charge in [-0.1, -0.05) is 13.8 Å². The van der Waals surface area contributed by atoms with Crippen molar-refractivity contribution in [3.05, 3.63) is 23.8 Å². The van der Waals surface area contributed by atoms with Crippen LogP contribution in [0.3, 0.4) is 0 Å². The summed E-state index contributed by atoms with van der Waals surface area (Å²) < 4.78 is 0. The van der Waals surface area contributed by atoms with Crippen molar-refractivity contribution in [3.63, 3.8) is 0 Å². The quantitative estimate of drug-likeness (QED) is 0.557. The minimum atomic E-state index is -0.158. The topological polar surface area (TPSA) is 42.9 Å². The summed E-state index contributed by atoms with van der Waals surface area (Å²) in [7, 11) is 5.20. The number of ketones is 1. The van der Waals surface area contributed by atoms with Crippen LogP contribution in [-0.2, 0) is 0 Å². The lowest BCUT2D eigenvalue weighted by Crippen LogP contribution is -2.02. The molecular weight excluding hydrogens is 187 g/mol. The second-order valence-corrected chi connectivity index (χ2v) is 3.23. The number of Topliss-reactive ketones (excluding diaryl/α,β-unsaturated/α-hetero) is 1. The van der Waals surface area contributed by atoms with Gasteiger partial charge in [-0.05, 0) is 19.2 Å². The number of rotatable bonds is 3. The summed E-state index contributed by atoms with van der Waals surface area (Å²) in [5, 5.41) is 0. The lowest BCUT2D eigenvalue weighted by Gasteiger charge is -1.98. The van der Waals surface area contributed by atoms with Crippen LogP contribution in [0.25, 0.3) is 0 Å². The van der Waals surface area contributed by atoms with Gasteiger partial charge in [0.1, 0.15) is 5.69 Å². The Kier molecular flexibility index (Phi) is 4.47. The van der Waals surface area contributed by atoms with Crippen LogP contribution in [0.15, 0.2) is 12.4 Å². The molecule has 0 aromatic carbocycles. The Morgan fingerprint density at radius 1 is 1.40 bits per heavy atom. The van der Waals surface area contributed by atoms with Gasteiger partial charge >= 0.3 is 0 Å². The number of aromatic nitrogens is 2. The summed E-state index contributed by atoms with van der Waals surface area (Å²) in [6.45, 7) is 4.00. The smallest absolute Gasteiger partial charge is 0.174 e. The van der Waals surface area contributed by atoms with Crippen molar-refractivity contribution in [1.82, 2.24) is 9.97 Å². The first kappa shape index (κ1) is 11.9. The Bertz CT molecular complexity index is 320. The van der Waals surface area contributed by atoms with E-state index in [2.05, 4.69) is 9.97 Å². The number of carbonyl (C=O) groups excluding carboxylic acids is 1. The van der Waals surface area contributed by atoms with Crippen molar-refractivity contribution in [1.29, 1.82) is 0 Å². The van der Waals surface area contributed by atoms with Gasteiger partial charge in [0.15, 0.2) is 5.78 Å². The highest BCUT2D eigenvalue weighted by molar-refractivity contribution is 6.23. The first-order valence-electron chi connectivity index (χ1n) is 5.36. The van der Waals surface area contributed by atoms with E-state index in [4.69, 9.17) is 7.85 Å². The van der Waals surface area contributed by atoms with Crippen LogP contribution in [-0.4, -0.2) is 23.6 Å². The third-order valence-electron chi connectivity index (χ3n) is 2.14. The Balaban J connectivity index is 0.000000531. The standard InChI is InChI=1S/C9H9BN2O.C2H6/c10-3-9(13)8-5-11-7(4-12-8)6-1-2-6;1-2/h4-6H,1-3H2;1-2H3. The zero-order valence-corrected chi connectivity index (χ0v) is 9.23. The Hall–Kier alpha value is -1.19. The maximum Gasteiger partial charge on any atom is 0.174 e. The average molecular weight is 202 g/mol. The first-order valence-corrected chi connectivity index (χ1v) is 5.36. The van der Waals surface area contributed by atoms with Gasteiger partial charge in [-0.15, -0.1) is 0 Å². The average Bonchev–Trinajstić information content (AvgIpc) is 3.15. The molecule has 1 fully saturated rings. The minimum Gasteiger partial charge on any atom is -0.293 e. The normalized spacial score (nSPS) is 14.0. The maximum atomic E-state index is 11.1. The first-order chi connectivity index (χ1) is 7.31. The molecule has 0 unspecified atom stereocenters. The summed E-state index contributed by atoms with van der Waals surface area (Å²) in [6, 6.07) is 0. The van der Waals surface area contributed by atoms with Gasteiger partial charge in [0.2, 0.25) is 0 Å². The van der Waals surface area contributed by atoms with Crippen LogP contribution in [0.1, 0.15) is 48.8 Å². The molecule has 78 valence electrons. The summed E-state index contributed by atoms with van der Waals surface area (Å²) in [5.41, 5.74) is 1.36. The van der Waals surface area contributed by atoms with Crippen molar-refractivity contribution in [3.8, 4) is 0 Å². The molecule has 1 aromatic rings. The van der Waals surface area contributed by atoms with Crippen LogP contribution in [0.5, 0.6) is 0 Å². The van der Waals surface area contributed by atoms with Crippen LogP contribution in [0.2, 0.25) is 6.32 Å². The van der Waals surface area contributed by atoms with E-state index in [9.17, 15) is 4.79 Å². The van der Waals surface area contributed by atoms with E-state index < -0.39 is 0 Å². The number of hydrogen-bond donors (Lipinski definition) is 0. The van der Waals surface area contributed by atoms with Gasteiger partial charge in [0, 0.05) is 12.1 Å². The molecule has 0 saturated heterocycles. The number of hydrogen-bond acceptors (Lipinski definition) is 3. The predicted molar refractivity (Wildman–Crippen MR) is 60.2 cm³/mol. The molecule has 0 bridgehead atoms. The van der Waals surface area contributed by atoms with Crippen molar-refractivity contribution >= 4 is 13.6 Å². The monoisotopic (exact) mass is 202 g/mol. The molecule has 1 saturated carbocycles. The largest absolute Gasteiger partial charge is 0.293 e. The van der Waals surface area contributed by atoms with Crippen LogP contribution < -0.4 is 0 Å². The fraction of sp³-hybridized carbons (Fsp3) is 0.545. The molecule has 0 amide bonds. The van der Waals surface area contributed by atoms with E-state index in [1.165, 1.54) is 19.0 Å². The van der Waals surface area contributed by atoms with Gasteiger partial charge in [0.25, 0.3) is 0 Å².